The number of piperazine rings is 1. The number of non-ortho nitro benzene ring substituents is 1. The Kier molecular flexibility index (Phi) is 6.41. The molecule has 0 spiro atoms. The Hall–Kier alpha value is -2.74. The van der Waals surface area contributed by atoms with Gasteiger partial charge in [-0.3, -0.25) is 14.9 Å². The molecule has 1 amide bonds. The fourth-order valence-electron chi connectivity index (χ4n) is 3.22. The first-order chi connectivity index (χ1) is 13.5. The first-order valence-electron chi connectivity index (χ1n) is 9.07. The van der Waals surface area contributed by atoms with Crippen molar-refractivity contribution in [2.24, 2.45) is 0 Å². The maximum absolute atomic E-state index is 12.8. The van der Waals surface area contributed by atoms with Crippen LogP contribution in [0, 0.1) is 10.1 Å². The second-order valence-corrected chi connectivity index (χ2v) is 7.91. The summed E-state index contributed by atoms with van der Waals surface area (Å²) in [6.07, 6.45) is 0. The fraction of sp³-hybridized carbons (Fsp3) is 0.350. The minimum absolute atomic E-state index is 0.0517. The zero-order chi connectivity index (χ0) is 20.1. The lowest BCUT2D eigenvalue weighted by molar-refractivity contribution is -0.384. The number of nitrogens with zero attached hydrogens (tertiary/aromatic N) is 3. The zero-order valence-corrected chi connectivity index (χ0v) is 16.7. The highest BCUT2D eigenvalue weighted by molar-refractivity contribution is 8.00. The van der Waals surface area contributed by atoms with E-state index >= 15 is 0 Å². The molecule has 0 N–H and O–H groups in total. The molecule has 148 valence electrons. The molecule has 1 heterocycles. The summed E-state index contributed by atoms with van der Waals surface area (Å²) in [4.78, 5) is 28.1. The minimum atomic E-state index is -0.426. The number of carbonyl (C=O) groups is 1. The van der Waals surface area contributed by atoms with Crippen molar-refractivity contribution in [2.45, 2.75) is 17.1 Å². The van der Waals surface area contributed by atoms with E-state index in [-0.39, 0.29) is 16.8 Å². The van der Waals surface area contributed by atoms with E-state index in [0.717, 1.165) is 29.4 Å². The molecule has 1 unspecified atom stereocenters. The molecule has 2 aromatic rings. The number of nitro benzene ring substituents is 1. The maximum Gasteiger partial charge on any atom is 0.269 e. The van der Waals surface area contributed by atoms with Gasteiger partial charge in [0, 0.05) is 43.2 Å². The van der Waals surface area contributed by atoms with Crippen LogP contribution in [0.25, 0.3) is 0 Å². The Morgan fingerprint density at radius 2 is 1.75 bits per heavy atom. The van der Waals surface area contributed by atoms with Crippen LogP contribution in [0.3, 0.4) is 0 Å². The van der Waals surface area contributed by atoms with Crippen molar-refractivity contribution in [2.75, 3.05) is 38.2 Å². The molecule has 0 aromatic heterocycles. The summed E-state index contributed by atoms with van der Waals surface area (Å²) in [6, 6.07) is 14.2. The summed E-state index contributed by atoms with van der Waals surface area (Å²) in [5.41, 5.74) is 1.10. The Labute approximate surface area is 168 Å². The normalized spacial score (nSPS) is 15.2. The number of hydrogen-bond acceptors (Lipinski definition) is 6. The molecular formula is C20H23N3O4S. The smallest absolute Gasteiger partial charge is 0.269 e. The quantitative estimate of drug-likeness (QED) is 0.419. The molecule has 1 fully saturated rings. The molecule has 1 aliphatic rings. The van der Waals surface area contributed by atoms with Crippen LogP contribution >= 0.6 is 11.8 Å². The predicted octanol–water partition coefficient (Wildman–Crippen LogP) is 3.43. The largest absolute Gasteiger partial charge is 0.495 e. The third-order valence-electron chi connectivity index (χ3n) is 4.73. The van der Waals surface area contributed by atoms with E-state index in [1.807, 2.05) is 36.1 Å². The first kappa shape index (κ1) is 20.0. The van der Waals surface area contributed by atoms with Crippen molar-refractivity contribution >= 4 is 29.0 Å². The molecule has 3 rings (SSSR count). The van der Waals surface area contributed by atoms with Crippen molar-refractivity contribution in [1.29, 1.82) is 0 Å². The van der Waals surface area contributed by atoms with Gasteiger partial charge in [0.2, 0.25) is 5.91 Å². The molecule has 0 bridgehead atoms. The van der Waals surface area contributed by atoms with Crippen molar-refractivity contribution in [3.63, 3.8) is 0 Å². The molecule has 7 nitrogen and oxygen atoms in total. The fourth-order valence-corrected chi connectivity index (χ4v) is 4.17. The highest BCUT2D eigenvalue weighted by Gasteiger charge is 2.26. The molecule has 1 aliphatic heterocycles. The first-order valence-corrected chi connectivity index (χ1v) is 9.95. The molecule has 1 atom stereocenters. The van der Waals surface area contributed by atoms with Crippen LogP contribution < -0.4 is 9.64 Å². The summed E-state index contributed by atoms with van der Waals surface area (Å²) in [5.74, 6) is 0.924. The van der Waals surface area contributed by atoms with Gasteiger partial charge in [-0.15, -0.1) is 11.8 Å². The number of carbonyl (C=O) groups excluding carboxylic acids is 1. The Morgan fingerprint density at radius 3 is 2.36 bits per heavy atom. The van der Waals surface area contributed by atoms with Crippen molar-refractivity contribution < 1.29 is 14.5 Å². The Morgan fingerprint density at radius 1 is 1.11 bits per heavy atom. The topological polar surface area (TPSA) is 75.9 Å². The molecule has 8 heteroatoms. The minimum Gasteiger partial charge on any atom is -0.495 e. The number of rotatable bonds is 6. The number of nitro groups is 1. The lowest BCUT2D eigenvalue weighted by Crippen LogP contribution is -2.50. The van der Waals surface area contributed by atoms with Gasteiger partial charge in [-0.1, -0.05) is 12.1 Å². The van der Waals surface area contributed by atoms with Gasteiger partial charge in [0.05, 0.1) is 23.0 Å². The average Bonchev–Trinajstić information content (AvgIpc) is 2.73. The van der Waals surface area contributed by atoms with E-state index in [2.05, 4.69) is 4.90 Å². The highest BCUT2D eigenvalue weighted by atomic mass is 32.2. The molecule has 1 saturated heterocycles. The van der Waals surface area contributed by atoms with Crippen molar-refractivity contribution in [1.82, 2.24) is 4.90 Å². The maximum atomic E-state index is 12.8. The van der Waals surface area contributed by atoms with Crippen LogP contribution in [-0.2, 0) is 4.79 Å². The zero-order valence-electron chi connectivity index (χ0n) is 15.9. The van der Waals surface area contributed by atoms with Gasteiger partial charge < -0.3 is 14.5 Å². The molecular weight excluding hydrogens is 378 g/mol. The average molecular weight is 401 g/mol. The molecule has 0 saturated carbocycles. The highest BCUT2D eigenvalue weighted by Crippen LogP contribution is 2.30. The third-order valence-corrected chi connectivity index (χ3v) is 5.82. The molecule has 28 heavy (non-hydrogen) atoms. The summed E-state index contributed by atoms with van der Waals surface area (Å²) >= 11 is 1.42. The van der Waals surface area contributed by atoms with Crippen LogP contribution in [0.1, 0.15) is 6.92 Å². The van der Waals surface area contributed by atoms with E-state index < -0.39 is 4.92 Å². The SMILES string of the molecule is COc1ccccc1N1CCN(C(=O)C(C)Sc2ccc([N+](=O)[O-])cc2)CC1. The summed E-state index contributed by atoms with van der Waals surface area (Å²) in [6.45, 7) is 4.69. The van der Waals surface area contributed by atoms with E-state index in [1.54, 1.807) is 19.2 Å². The van der Waals surface area contributed by atoms with Crippen LogP contribution in [0.2, 0.25) is 0 Å². The monoisotopic (exact) mass is 401 g/mol. The molecule has 0 aliphatic carbocycles. The number of amides is 1. The second-order valence-electron chi connectivity index (χ2n) is 6.50. The van der Waals surface area contributed by atoms with Gasteiger partial charge in [0.1, 0.15) is 5.75 Å². The van der Waals surface area contributed by atoms with Gasteiger partial charge >= 0.3 is 0 Å². The van der Waals surface area contributed by atoms with Crippen molar-refractivity contribution in [3.05, 3.63) is 58.6 Å². The van der Waals surface area contributed by atoms with E-state index in [9.17, 15) is 14.9 Å². The number of hydrogen-bond donors (Lipinski definition) is 0. The van der Waals surface area contributed by atoms with Crippen LogP contribution in [0.15, 0.2) is 53.4 Å². The van der Waals surface area contributed by atoms with Gasteiger partial charge in [0.15, 0.2) is 0 Å². The van der Waals surface area contributed by atoms with Crippen molar-refractivity contribution in [3.8, 4) is 5.75 Å². The molecule has 0 radical (unpaired) electrons. The Bertz CT molecular complexity index is 836. The van der Waals surface area contributed by atoms with Gasteiger partial charge in [-0.25, -0.2) is 0 Å². The lowest BCUT2D eigenvalue weighted by Gasteiger charge is -2.37. The number of ether oxygens (including phenoxy) is 1. The standard InChI is InChI=1S/C20H23N3O4S/c1-15(28-17-9-7-16(8-10-17)23(25)26)20(24)22-13-11-21(12-14-22)18-5-3-4-6-19(18)27-2/h3-10,15H,11-14H2,1-2H3. The van der Waals surface area contributed by atoms with Gasteiger partial charge in [-0.2, -0.15) is 0 Å². The van der Waals surface area contributed by atoms with E-state index in [0.29, 0.717) is 13.1 Å². The van der Waals surface area contributed by atoms with E-state index in [4.69, 9.17) is 4.74 Å². The van der Waals surface area contributed by atoms with Gasteiger partial charge in [0.25, 0.3) is 5.69 Å². The molecule has 2 aromatic carbocycles. The second kappa shape index (κ2) is 8.97. The van der Waals surface area contributed by atoms with Crippen LogP contribution in [-0.4, -0.2) is 54.3 Å². The summed E-state index contributed by atoms with van der Waals surface area (Å²) < 4.78 is 5.43. The number of methoxy groups -OCH3 is 1. The van der Waals surface area contributed by atoms with Crippen LogP contribution in [0.4, 0.5) is 11.4 Å². The predicted molar refractivity (Wildman–Crippen MR) is 110 cm³/mol. The number of para-hydroxylation sites is 2. The number of anilines is 1. The summed E-state index contributed by atoms with van der Waals surface area (Å²) in [5, 5.41) is 10.5. The van der Waals surface area contributed by atoms with Gasteiger partial charge in [-0.05, 0) is 31.2 Å². The summed E-state index contributed by atoms with van der Waals surface area (Å²) in [7, 11) is 1.66. The lowest BCUT2D eigenvalue weighted by atomic mass is 10.2. The number of benzene rings is 2. The van der Waals surface area contributed by atoms with E-state index in [1.165, 1.54) is 23.9 Å². The third kappa shape index (κ3) is 4.56. The number of thioether (sulfide) groups is 1. The van der Waals surface area contributed by atoms with Crippen LogP contribution in [0.5, 0.6) is 5.75 Å². The Balaban J connectivity index is 1.56.